The van der Waals surface area contributed by atoms with Gasteiger partial charge in [-0.05, 0) is 67.3 Å². The molecule has 6 nitrogen and oxygen atoms in total. The van der Waals surface area contributed by atoms with Crippen molar-refractivity contribution < 1.29 is 17.9 Å². The average molecular weight is 565 g/mol. The third-order valence-electron chi connectivity index (χ3n) is 5.12. The van der Waals surface area contributed by atoms with Crippen molar-refractivity contribution >= 4 is 56.7 Å². The van der Waals surface area contributed by atoms with E-state index in [0.717, 1.165) is 20.5 Å². The second-order valence-corrected chi connectivity index (χ2v) is 11.9. The molecule has 0 atom stereocenters. The summed E-state index contributed by atoms with van der Waals surface area (Å²) in [4.78, 5) is 13.9. The molecule has 10 heteroatoms. The smallest absolute Gasteiger partial charge is 0.264 e. The lowest BCUT2D eigenvalue weighted by atomic mass is 10.2. The van der Waals surface area contributed by atoms with Crippen LogP contribution in [0.5, 0.6) is 5.75 Å². The standard InChI is InChI=1S/C26H29ClN2O4S3/c1-3-33-25-7-5-4-6-24(25)29(36(31,32)23-14-12-22(34-2)13-15-23)18-26(30)28-16-17-35-19-20-8-10-21(27)11-9-20/h4-15H,3,16-19H2,1-2H3,(H,28,30). The van der Waals surface area contributed by atoms with Crippen LogP contribution in [0.4, 0.5) is 5.69 Å². The fraction of sp³-hybridized carbons (Fsp3) is 0.269. The van der Waals surface area contributed by atoms with Gasteiger partial charge in [0.1, 0.15) is 12.3 Å². The highest BCUT2D eigenvalue weighted by atomic mass is 35.5. The van der Waals surface area contributed by atoms with Gasteiger partial charge in [0.25, 0.3) is 10.0 Å². The van der Waals surface area contributed by atoms with Crippen molar-refractivity contribution in [1.29, 1.82) is 0 Å². The van der Waals surface area contributed by atoms with Gasteiger partial charge in [-0.1, -0.05) is 35.9 Å². The Hall–Kier alpha value is -2.33. The molecule has 3 aromatic rings. The maximum Gasteiger partial charge on any atom is 0.264 e. The Bertz CT molecular complexity index is 1240. The molecule has 0 saturated heterocycles. The topological polar surface area (TPSA) is 75.7 Å². The van der Waals surface area contributed by atoms with Crippen LogP contribution in [0.1, 0.15) is 12.5 Å². The Labute approximate surface area is 226 Å². The minimum absolute atomic E-state index is 0.109. The molecule has 3 aromatic carbocycles. The van der Waals surface area contributed by atoms with Crippen molar-refractivity contribution in [3.8, 4) is 5.75 Å². The molecule has 36 heavy (non-hydrogen) atoms. The zero-order valence-corrected chi connectivity index (χ0v) is 23.4. The highest BCUT2D eigenvalue weighted by Crippen LogP contribution is 2.33. The Morgan fingerprint density at radius 2 is 1.72 bits per heavy atom. The predicted octanol–water partition coefficient (Wildman–Crippen LogP) is 5.71. The third-order valence-corrected chi connectivity index (χ3v) is 8.92. The fourth-order valence-corrected chi connectivity index (χ4v) is 6.12. The molecule has 0 spiro atoms. The average Bonchev–Trinajstić information content (AvgIpc) is 2.89. The lowest BCUT2D eigenvalue weighted by Gasteiger charge is -2.26. The van der Waals surface area contributed by atoms with Gasteiger partial charge in [0.15, 0.2) is 0 Å². The molecule has 1 amide bonds. The molecule has 0 radical (unpaired) electrons. The summed E-state index contributed by atoms with van der Waals surface area (Å²) in [5, 5.41) is 3.54. The number of nitrogens with one attached hydrogen (secondary N) is 1. The summed E-state index contributed by atoms with van der Waals surface area (Å²) in [6.45, 7) is 2.24. The van der Waals surface area contributed by atoms with E-state index in [9.17, 15) is 13.2 Å². The van der Waals surface area contributed by atoms with E-state index in [-0.39, 0.29) is 11.4 Å². The molecule has 0 saturated carbocycles. The number of amides is 1. The lowest BCUT2D eigenvalue weighted by molar-refractivity contribution is -0.119. The van der Waals surface area contributed by atoms with Crippen molar-refractivity contribution in [2.75, 3.05) is 36.0 Å². The van der Waals surface area contributed by atoms with Gasteiger partial charge in [0.2, 0.25) is 5.91 Å². The molecular weight excluding hydrogens is 536 g/mol. The number of rotatable bonds is 13. The largest absolute Gasteiger partial charge is 0.492 e. The van der Waals surface area contributed by atoms with Crippen LogP contribution >= 0.6 is 35.1 Å². The number of hydrogen-bond donors (Lipinski definition) is 1. The summed E-state index contributed by atoms with van der Waals surface area (Å²) in [6, 6.07) is 21.1. The second-order valence-electron chi connectivity index (χ2n) is 7.62. The van der Waals surface area contributed by atoms with Crippen LogP contribution in [-0.2, 0) is 20.6 Å². The van der Waals surface area contributed by atoms with E-state index < -0.39 is 15.9 Å². The van der Waals surface area contributed by atoms with E-state index in [1.165, 1.54) is 11.8 Å². The van der Waals surface area contributed by atoms with E-state index in [1.54, 1.807) is 60.3 Å². The first kappa shape index (κ1) is 28.2. The van der Waals surface area contributed by atoms with Crippen LogP contribution in [-0.4, -0.2) is 46.0 Å². The van der Waals surface area contributed by atoms with Gasteiger partial charge < -0.3 is 10.1 Å². The molecule has 0 heterocycles. The van der Waals surface area contributed by atoms with E-state index >= 15 is 0 Å². The maximum atomic E-state index is 13.7. The third kappa shape index (κ3) is 7.83. The number of thioether (sulfide) groups is 2. The molecule has 0 aromatic heterocycles. The second kappa shape index (κ2) is 13.8. The molecule has 0 fully saturated rings. The van der Waals surface area contributed by atoms with Gasteiger partial charge in [-0.3, -0.25) is 9.10 Å². The molecule has 1 N–H and O–H groups in total. The van der Waals surface area contributed by atoms with Gasteiger partial charge in [0.05, 0.1) is 17.2 Å². The van der Waals surface area contributed by atoms with E-state index in [0.29, 0.717) is 35.4 Å². The summed E-state index contributed by atoms with van der Waals surface area (Å²) >= 11 is 9.12. The van der Waals surface area contributed by atoms with Crippen LogP contribution in [0.15, 0.2) is 82.6 Å². The number of anilines is 1. The summed E-state index contributed by atoms with van der Waals surface area (Å²) in [7, 11) is -4.02. The van der Waals surface area contributed by atoms with Crippen molar-refractivity contribution in [1.82, 2.24) is 5.32 Å². The van der Waals surface area contributed by atoms with Gasteiger partial charge in [-0.15, -0.1) is 11.8 Å². The fourth-order valence-electron chi connectivity index (χ4n) is 3.33. The van der Waals surface area contributed by atoms with E-state index in [4.69, 9.17) is 16.3 Å². The van der Waals surface area contributed by atoms with Crippen molar-refractivity contribution in [3.05, 3.63) is 83.4 Å². The molecular formula is C26H29ClN2O4S3. The van der Waals surface area contributed by atoms with Gasteiger partial charge >= 0.3 is 0 Å². The number of carbonyl (C=O) groups excluding carboxylic acids is 1. The molecule has 0 aliphatic carbocycles. The van der Waals surface area contributed by atoms with Crippen LogP contribution in [0.25, 0.3) is 0 Å². The lowest BCUT2D eigenvalue weighted by Crippen LogP contribution is -2.41. The van der Waals surface area contributed by atoms with Crippen molar-refractivity contribution in [2.45, 2.75) is 22.5 Å². The van der Waals surface area contributed by atoms with Crippen LogP contribution in [0, 0.1) is 0 Å². The first-order valence-electron chi connectivity index (χ1n) is 11.3. The number of benzene rings is 3. The van der Waals surface area contributed by atoms with Gasteiger partial charge in [0, 0.05) is 28.0 Å². The first-order chi connectivity index (χ1) is 17.3. The van der Waals surface area contributed by atoms with E-state index in [1.807, 2.05) is 37.4 Å². The SMILES string of the molecule is CCOc1ccccc1N(CC(=O)NCCSCc1ccc(Cl)cc1)S(=O)(=O)c1ccc(SC)cc1. The Morgan fingerprint density at radius 3 is 2.39 bits per heavy atom. The van der Waals surface area contributed by atoms with E-state index in [2.05, 4.69) is 5.32 Å². The van der Waals surface area contributed by atoms with Crippen LogP contribution < -0.4 is 14.4 Å². The highest BCUT2D eigenvalue weighted by molar-refractivity contribution is 7.98. The molecule has 0 unspecified atom stereocenters. The Kier molecular flexibility index (Phi) is 10.9. The maximum absolute atomic E-state index is 13.7. The Morgan fingerprint density at radius 1 is 1.03 bits per heavy atom. The highest BCUT2D eigenvalue weighted by Gasteiger charge is 2.29. The van der Waals surface area contributed by atoms with Crippen LogP contribution in [0.3, 0.4) is 0 Å². The summed E-state index contributed by atoms with van der Waals surface area (Å²) in [5.41, 5.74) is 1.47. The predicted molar refractivity (Wildman–Crippen MR) is 151 cm³/mol. The quantitative estimate of drug-likeness (QED) is 0.212. The van der Waals surface area contributed by atoms with Crippen molar-refractivity contribution in [2.24, 2.45) is 0 Å². The normalized spacial score (nSPS) is 11.2. The molecule has 0 aliphatic heterocycles. The molecule has 0 bridgehead atoms. The zero-order chi connectivity index (χ0) is 26.0. The monoisotopic (exact) mass is 564 g/mol. The summed E-state index contributed by atoms with van der Waals surface area (Å²) < 4.78 is 34.1. The zero-order valence-electron chi connectivity index (χ0n) is 20.1. The number of ether oxygens (including phenoxy) is 1. The number of sulfonamides is 1. The molecule has 192 valence electrons. The molecule has 0 aliphatic rings. The van der Waals surface area contributed by atoms with Gasteiger partial charge in [-0.2, -0.15) is 11.8 Å². The summed E-state index contributed by atoms with van der Waals surface area (Å²) in [5.74, 6) is 1.49. The number of hydrogen-bond acceptors (Lipinski definition) is 6. The number of halogens is 1. The first-order valence-corrected chi connectivity index (χ1v) is 15.5. The number of para-hydroxylation sites is 2. The number of nitrogens with zero attached hydrogens (tertiary/aromatic N) is 1. The van der Waals surface area contributed by atoms with Crippen molar-refractivity contribution in [3.63, 3.8) is 0 Å². The number of carbonyl (C=O) groups is 1. The minimum atomic E-state index is -4.02. The van der Waals surface area contributed by atoms with Crippen LogP contribution in [0.2, 0.25) is 5.02 Å². The molecule has 3 rings (SSSR count). The minimum Gasteiger partial charge on any atom is -0.492 e. The summed E-state index contributed by atoms with van der Waals surface area (Å²) in [6.07, 6.45) is 1.92. The van der Waals surface area contributed by atoms with Gasteiger partial charge in [-0.25, -0.2) is 8.42 Å². The Balaban J connectivity index is 1.71.